The van der Waals surface area contributed by atoms with E-state index >= 15 is 0 Å². The maximum atomic E-state index is 13.0. The monoisotopic (exact) mass is 510 g/mol. The maximum Gasteiger partial charge on any atom is 0.241 e. The predicted octanol–water partition coefficient (Wildman–Crippen LogP) is 1.73. The van der Waals surface area contributed by atoms with E-state index in [1.807, 2.05) is 40.1 Å². The van der Waals surface area contributed by atoms with Crippen LogP contribution in [0.2, 0.25) is 0 Å². The summed E-state index contributed by atoms with van der Waals surface area (Å²) in [4.78, 5) is 29.6. The molecule has 1 N–H and O–H groups in total. The number of benzene rings is 1. The molecular formula is C25H42N4O5S. The second-order valence-electron chi connectivity index (χ2n) is 9.51. The summed E-state index contributed by atoms with van der Waals surface area (Å²) in [7, 11) is 9.07. The first-order valence-corrected chi connectivity index (χ1v) is 13.2. The molecule has 1 aromatic carbocycles. The van der Waals surface area contributed by atoms with Gasteiger partial charge in [-0.15, -0.1) is 4.31 Å². The van der Waals surface area contributed by atoms with Crippen molar-refractivity contribution >= 4 is 23.2 Å². The van der Waals surface area contributed by atoms with Crippen molar-refractivity contribution in [2.24, 2.45) is 0 Å². The van der Waals surface area contributed by atoms with E-state index in [2.05, 4.69) is 10.2 Å². The van der Waals surface area contributed by atoms with Crippen molar-refractivity contribution in [3.8, 4) is 5.75 Å². The van der Waals surface area contributed by atoms with Gasteiger partial charge >= 0.3 is 0 Å². The molecule has 198 valence electrons. The molecule has 1 aliphatic carbocycles. The Morgan fingerprint density at radius 3 is 2.23 bits per heavy atom. The van der Waals surface area contributed by atoms with Gasteiger partial charge in [0.2, 0.25) is 11.8 Å². The Balaban J connectivity index is 1.77. The molecule has 35 heavy (non-hydrogen) atoms. The molecule has 1 unspecified atom stereocenters. The number of carbonyl (C=O) groups is 2. The third-order valence-corrected chi connectivity index (χ3v) is 8.10. The van der Waals surface area contributed by atoms with E-state index in [9.17, 15) is 14.1 Å². The summed E-state index contributed by atoms with van der Waals surface area (Å²) in [5.74, 6) is 0.236. The van der Waals surface area contributed by atoms with E-state index in [1.54, 1.807) is 26.1 Å². The van der Waals surface area contributed by atoms with Crippen LogP contribution in [0.4, 0.5) is 0 Å². The Morgan fingerprint density at radius 1 is 1.09 bits per heavy atom. The van der Waals surface area contributed by atoms with E-state index in [-0.39, 0.29) is 37.0 Å². The Morgan fingerprint density at radius 2 is 1.69 bits per heavy atom. The zero-order valence-electron chi connectivity index (χ0n) is 22.3. The number of nitrogens with zero attached hydrogens (tertiary/aromatic N) is 3. The van der Waals surface area contributed by atoms with Crippen LogP contribution in [0.3, 0.4) is 0 Å². The van der Waals surface area contributed by atoms with Gasteiger partial charge in [-0.1, -0.05) is 0 Å². The lowest BCUT2D eigenvalue weighted by Crippen LogP contribution is -2.47. The molecule has 1 atom stereocenters. The second-order valence-corrected chi connectivity index (χ2v) is 11.0. The van der Waals surface area contributed by atoms with Crippen LogP contribution < -0.4 is 10.1 Å². The number of amides is 2. The second kappa shape index (κ2) is 14.0. The molecule has 0 saturated heterocycles. The highest BCUT2D eigenvalue weighted by atomic mass is 32.2. The molecule has 1 fully saturated rings. The zero-order chi connectivity index (χ0) is 26.1. The number of likely N-dealkylation sites (N-methyl/N-ethyl adjacent to an activating group) is 3. The number of rotatable bonds is 12. The van der Waals surface area contributed by atoms with Gasteiger partial charge in [0, 0.05) is 37.8 Å². The van der Waals surface area contributed by atoms with E-state index < -0.39 is 11.4 Å². The lowest BCUT2D eigenvalue weighted by atomic mass is 9.92. The molecule has 9 nitrogen and oxygen atoms in total. The molecule has 1 saturated carbocycles. The predicted molar refractivity (Wildman–Crippen MR) is 138 cm³/mol. The Kier molecular flexibility index (Phi) is 11.8. The first-order chi connectivity index (χ1) is 16.5. The van der Waals surface area contributed by atoms with E-state index in [0.717, 1.165) is 50.0 Å². The summed E-state index contributed by atoms with van der Waals surface area (Å²) in [5, 5.41) is 2.68. The topological polar surface area (TPSA) is 97.4 Å². The molecular weight excluding hydrogens is 468 g/mol. The highest BCUT2D eigenvalue weighted by Crippen LogP contribution is 2.28. The molecule has 0 aromatic heterocycles. The third kappa shape index (κ3) is 8.95. The summed E-state index contributed by atoms with van der Waals surface area (Å²) >= 11 is -1.51. The molecule has 1 aliphatic rings. The number of nitrogens with one attached hydrogen (secondary N) is 1. The van der Waals surface area contributed by atoms with Crippen molar-refractivity contribution in [3.05, 3.63) is 23.3 Å². The Labute approximate surface area is 213 Å². The molecule has 2 amide bonds. The van der Waals surface area contributed by atoms with Crippen LogP contribution in [0.1, 0.15) is 36.8 Å². The van der Waals surface area contributed by atoms with Gasteiger partial charge in [-0.05, 0) is 65.8 Å². The van der Waals surface area contributed by atoms with Gasteiger partial charge in [0.1, 0.15) is 12.3 Å². The van der Waals surface area contributed by atoms with Gasteiger partial charge in [0.05, 0.1) is 37.7 Å². The molecule has 2 rings (SSSR count). The van der Waals surface area contributed by atoms with Crippen LogP contribution in [0.15, 0.2) is 17.0 Å². The van der Waals surface area contributed by atoms with Crippen LogP contribution in [0.5, 0.6) is 5.75 Å². The molecule has 1 aromatic rings. The SMILES string of the molecule is COc1cc(C)c([S+]([O-])N(C)CC(=O)NCC(=O)N(C)[C@H]2CC[C@H](OCCN(C)C)CC2)c(C)c1. The van der Waals surface area contributed by atoms with Crippen molar-refractivity contribution < 1.29 is 23.6 Å². The first-order valence-electron chi connectivity index (χ1n) is 12.1. The van der Waals surface area contributed by atoms with Crippen molar-refractivity contribution in [3.63, 3.8) is 0 Å². The summed E-state index contributed by atoms with van der Waals surface area (Å²) < 4.78 is 25.7. The van der Waals surface area contributed by atoms with Crippen molar-refractivity contribution in [1.82, 2.24) is 19.4 Å². The minimum absolute atomic E-state index is 0.0737. The van der Waals surface area contributed by atoms with Gasteiger partial charge < -0.3 is 29.1 Å². The Hall–Kier alpha value is -1.85. The van der Waals surface area contributed by atoms with E-state index in [4.69, 9.17) is 9.47 Å². The van der Waals surface area contributed by atoms with Crippen LogP contribution in [-0.4, -0.2) is 104 Å². The number of ether oxygens (including phenoxy) is 2. The zero-order valence-corrected chi connectivity index (χ0v) is 23.1. The number of methoxy groups -OCH3 is 1. The minimum atomic E-state index is -1.51. The fraction of sp³-hybridized carbons (Fsp3) is 0.680. The van der Waals surface area contributed by atoms with Gasteiger partial charge in [-0.3, -0.25) is 9.59 Å². The van der Waals surface area contributed by atoms with Crippen molar-refractivity contribution in [1.29, 1.82) is 0 Å². The largest absolute Gasteiger partial charge is 0.593 e. The fourth-order valence-corrected chi connectivity index (χ4v) is 5.50. The minimum Gasteiger partial charge on any atom is -0.593 e. The maximum absolute atomic E-state index is 13.0. The Bertz CT molecular complexity index is 822. The summed E-state index contributed by atoms with van der Waals surface area (Å²) in [6, 6.07) is 3.81. The molecule has 0 spiro atoms. The molecule has 10 heteroatoms. The van der Waals surface area contributed by atoms with Crippen LogP contribution >= 0.6 is 0 Å². The van der Waals surface area contributed by atoms with E-state index in [1.165, 1.54) is 4.31 Å². The fourth-order valence-electron chi connectivity index (χ4n) is 4.28. The van der Waals surface area contributed by atoms with Gasteiger partial charge in [-0.2, -0.15) is 0 Å². The number of hydrogen-bond acceptors (Lipinski definition) is 7. The lowest BCUT2D eigenvalue weighted by molar-refractivity contribution is -0.134. The van der Waals surface area contributed by atoms with Gasteiger partial charge in [0.15, 0.2) is 4.90 Å². The lowest BCUT2D eigenvalue weighted by Gasteiger charge is -2.34. The average Bonchev–Trinajstić information content (AvgIpc) is 2.81. The van der Waals surface area contributed by atoms with Gasteiger partial charge in [-0.25, -0.2) is 0 Å². The molecule has 0 aliphatic heterocycles. The highest BCUT2D eigenvalue weighted by molar-refractivity contribution is 7.89. The standard InChI is InChI=1S/C25H42N4O5S/c1-18-14-22(33-7)15-19(2)25(18)35(32)28(5)17-23(30)26-16-24(31)29(6)20-8-10-21(11-9-20)34-13-12-27(3)4/h14-15,20-21H,8-13,16-17H2,1-7H3,(H,26,30)/t20-,21-,35?. The number of aryl methyl sites for hydroxylation is 2. The van der Waals surface area contributed by atoms with Crippen LogP contribution in [-0.2, 0) is 25.7 Å². The van der Waals surface area contributed by atoms with Gasteiger partial charge in [0.25, 0.3) is 0 Å². The summed E-state index contributed by atoms with van der Waals surface area (Å²) in [6.07, 6.45) is 3.91. The molecule has 0 bridgehead atoms. The highest BCUT2D eigenvalue weighted by Gasteiger charge is 2.28. The third-order valence-electron chi connectivity index (χ3n) is 6.41. The smallest absolute Gasteiger partial charge is 0.241 e. The number of carbonyl (C=O) groups excluding carboxylic acids is 2. The molecule has 0 radical (unpaired) electrons. The summed E-state index contributed by atoms with van der Waals surface area (Å²) in [6.45, 7) is 5.21. The van der Waals surface area contributed by atoms with Crippen molar-refractivity contribution in [2.45, 2.75) is 56.6 Å². The first kappa shape index (κ1) is 29.4. The quantitative estimate of drug-likeness (QED) is 0.428. The molecule has 0 heterocycles. The normalized spacial score (nSPS) is 19.0. The summed E-state index contributed by atoms with van der Waals surface area (Å²) in [5.41, 5.74) is 1.67. The van der Waals surface area contributed by atoms with Crippen LogP contribution in [0, 0.1) is 13.8 Å². The van der Waals surface area contributed by atoms with Crippen molar-refractivity contribution in [2.75, 3.05) is 61.5 Å². The van der Waals surface area contributed by atoms with Crippen LogP contribution in [0.25, 0.3) is 0 Å². The average molecular weight is 511 g/mol. The van der Waals surface area contributed by atoms with E-state index in [0.29, 0.717) is 10.6 Å². The number of hydrogen-bond donors (Lipinski definition) is 1.